The summed E-state index contributed by atoms with van der Waals surface area (Å²) in [6.45, 7) is 14.4. The molecule has 0 aliphatic rings. The van der Waals surface area contributed by atoms with Crippen LogP contribution in [-0.4, -0.2) is 43.3 Å². The molecule has 22 heavy (non-hydrogen) atoms. The molecule has 128 valence electrons. The van der Waals surface area contributed by atoms with E-state index in [1.807, 2.05) is 20.8 Å². The molecule has 0 aromatic carbocycles. The van der Waals surface area contributed by atoms with Crippen LogP contribution >= 0.6 is 0 Å². The molecular weight excluding hydrogens is 278 g/mol. The zero-order valence-corrected chi connectivity index (χ0v) is 15.3. The third-order valence-corrected chi connectivity index (χ3v) is 3.30. The van der Waals surface area contributed by atoms with Crippen molar-refractivity contribution in [3.63, 3.8) is 0 Å². The van der Waals surface area contributed by atoms with E-state index in [2.05, 4.69) is 32.2 Å². The Kier molecular flexibility index (Phi) is 8.47. The first-order valence-corrected chi connectivity index (χ1v) is 7.98. The minimum Gasteiger partial charge on any atom is -0.444 e. The van der Waals surface area contributed by atoms with Gasteiger partial charge in [0.05, 0.1) is 6.07 Å². The molecule has 0 radical (unpaired) electrons. The van der Waals surface area contributed by atoms with Gasteiger partial charge in [-0.15, -0.1) is 0 Å². The molecule has 1 atom stereocenters. The maximum absolute atomic E-state index is 11.9. The van der Waals surface area contributed by atoms with Gasteiger partial charge in [-0.25, -0.2) is 4.79 Å². The van der Waals surface area contributed by atoms with Gasteiger partial charge in [0.15, 0.2) is 0 Å². The van der Waals surface area contributed by atoms with Crippen molar-refractivity contribution < 1.29 is 9.53 Å². The zero-order chi connectivity index (χ0) is 17.4. The summed E-state index contributed by atoms with van der Waals surface area (Å²) in [5.74, 6) is 0.337. The Balaban J connectivity index is 4.06. The van der Waals surface area contributed by atoms with E-state index in [1.54, 1.807) is 11.9 Å². The number of carbonyl (C=O) groups is 1. The number of nitrogens with zero attached hydrogens (tertiary/aromatic N) is 2. The highest BCUT2D eigenvalue weighted by molar-refractivity contribution is 5.67. The van der Waals surface area contributed by atoms with Gasteiger partial charge in [-0.2, -0.15) is 5.26 Å². The third kappa shape index (κ3) is 10.4. The Morgan fingerprint density at radius 2 is 1.91 bits per heavy atom. The van der Waals surface area contributed by atoms with E-state index in [0.717, 1.165) is 19.5 Å². The first kappa shape index (κ1) is 20.7. The van der Waals surface area contributed by atoms with Crippen molar-refractivity contribution in [3.8, 4) is 6.07 Å². The summed E-state index contributed by atoms with van der Waals surface area (Å²) in [5, 5.41) is 12.1. The molecule has 0 aliphatic carbocycles. The van der Waals surface area contributed by atoms with Crippen LogP contribution in [0.4, 0.5) is 4.79 Å². The van der Waals surface area contributed by atoms with Crippen molar-refractivity contribution in [2.75, 3.05) is 26.7 Å². The van der Waals surface area contributed by atoms with E-state index in [1.165, 1.54) is 0 Å². The molecular formula is C17H33N3O2. The van der Waals surface area contributed by atoms with Crippen molar-refractivity contribution in [2.24, 2.45) is 11.3 Å². The highest BCUT2D eigenvalue weighted by Gasteiger charge is 2.21. The lowest BCUT2D eigenvalue weighted by molar-refractivity contribution is 0.0276. The topological polar surface area (TPSA) is 65.4 Å². The molecule has 0 heterocycles. The number of ether oxygens (including phenoxy) is 1. The number of rotatable bonds is 8. The molecule has 0 rings (SSSR count). The summed E-state index contributed by atoms with van der Waals surface area (Å²) >= 11 is 0. The molecule has 0 aromatic rings. The van der Waals surface area contributed by atoms with Crippen LogP contribution in [0.15, 0.2) is 0 Å². The summed E-state index contributed by atoms with van der Waals surface area (Å²) in [4.78, 5) is 13.5. The van der Waals surface area contributed by atoms with Gasteiger partial charge in [-0.1, -0.05) is 20.8 Å². The van der Waals surface area contributed by atoms with Crippen LogP contribution in [0, 0.1) is 22.7 Å². The predicted octanol–water partition coefficient (Wildman–Crippen LogP) is 3.41. The van der Waals surface area contributed by atoms with Crippen molar-refractivity contribution >= 4 is 6.09 Å². The third-order valence-electron chi connectivity index (χ3n) is 3.30. The summed E-state index contributed by atoms with van der Waals surface area (Å²) in [7, 11) is 1.77. The lowest BCUT2D eigenvalue weighted by Crippen LogP contribution is -2.39. The maximum Gasteiger partial charge on any atom is 0.410 e. The smallest absolute Gasteiger partial charge is 0.410 e. The number of hydrogen-bond donors (Lipinski definition) is 1. The summed E-state index contributed by atoms with van der Waals surface area (Å²) in [5.41, 5.74) is -0.343. The monoisotopic (exact) mass is 311 g/mol. The number of nitrogens with one attached hydrogen (secondary N) is 1. The quantitative estimate of drug-likeness (QED) is 0.746. The van der Waals surface area contributed by atoms with E-state index < -0.39 is 5.60 Å². The fourth-order valence-electron chi connectivity index (χ4n) is 2.09. The molecule has 0 saturated heterocycles. The van der Waals surface area contributed by atoms with Gasteiger partial charge in [0.1, 0.15) is 5.60 Å². The van der Waals surface area contributed by atoms with Gasteiger partial charge >= 0.3 is 6.09 Å². The van der Waals surface area contributed by atoms with Crippen LogP contribution < -0.4 is 5.32 Å². The number of nitriles is 1. The number of carbonyl (C=O) groups excluding carboxylic acids is 1. The predicted molar refractivity (Wildman–Crippen MR) is 89.5 cm³/mol. The van der Waals surface area contributed by atoms with E-state index in [0.29, 0.717) is 18.9 Å². The average Bonchev–Trinajstić information content (AvgIpc) is 2.34. The van der Waals surface area contributed by atoms with Gasteiger partial charge in [-0.05, 0) is 45.1 Å². The van der Waals surface area contributed by atoms with E-state index >= 15 is 0 Å². The van der Waals surface area contributed by atoms with Crippen LogP contribution in [0.25, 0.3) is 0 Å². The van der Waals surface area contributed by atoms with E-state index in [4.69, 9.17) is 10.00 Å². The van der Waals surface area contributed by atoms with Gasteiger partial charge < -0.3 is 15.0 Å². The van der Waals surface area contributed by atoms with Crippen LogP contribution in [0.2, 0.25) is 0 Å². The average molecular weight is 311 g/mol. The van der Waals surface area contributed by atoms with Crippen molar-refractivity contribution in [1.29, 1.82) is 5.26 Å². The van der Waals surface area contributed by atoms with Gasteiger partial charge in [0.25, 0.3) is 0 Å². The van der Waals surface area contributed by atoms with Crippen molar-refractivity contribution in [1.82, 2.24) is 10.2 Å². The SMILES string of the molecule is CC(CNCC(C)(C)CCC#N)CN(C)C(=O)OC(C)(C)C. The van der Waals surface area contributed by atoms with Crippen molar-refractivity contribution in [3.05, 3.63) is 0 Å². The second-order valence-electron chi connectivity index (χ2n) is 7.92. The largest absolute Gasteiger partial charge is 0.444 e. The molecule has 5 nitrogen and oxygen atoms in total. The second-order valence-corrected chi connectivity index (χ2v) is 7.92. The lowest BCUT2D eigenvalue weighted by Gasteiger charge is -2.28. The lowest BCUT2D eigenvalue weighted by atomic mass is 9.88. The summed E-state index contributed by atoms with van der Waals surface area (Å²) in [6.07, 6.45) is 1.20. The molecule has 0 bridgehead atoms. The van der Waals surface area contributed by atoms with Gasteiger partial charge in [0.2, 0.25) is 0 Å². The molecule has 0 aliphatic heterocycles. The summed E-state index contributed by atoms with van der Waals surface area (Å²) < 4.78 is 5.34. The Labute approximate surface area is 136 Å². The molecule has 1 N–H and O–H groups in total. The van der Waals surface area contributed by atoms with Crippen LogP contribution in [0.3, 0.4) is 0 Å². The molecule has 5 heteroatoms. The standard InChI is InChI=1S/C17H33N3O2/c1-14(11-19-13-17(5,6)9-8-10-18)12-20(7)15(21)22-16(2,3)4/h14,19H,8-9,11-13H2,1-7H3. The Morgan fingerprint density at radius 3 is 2.41 bits per heavy atom. The van der Waals surface area contributed by atoms with Gasteiger partial charge in [0, 0.05) is 26.6 Å². The highest BCUT2D eigenvalue weighted by atomic mass is 16.6. The second kappa shape index (κ2) is 8.99. The van der Waals surface area contributed by atoms with Crippen LogP contribution in [0.1, 0.15) is 54.4 Å². The number of hydrogen-bond acceptors (Lipinski definition) is 4. The number of amides is 1. The fourth-order valence-corrected chi connectivity index (χ4v) is 2.09. The minimum absolute atomic E-state index is 0.118. The first-order chi connectivity index (χ1) is 9.97. The molecule has 1 unspecified atom stereocenters. The normalized spacial score (nSPS) is 13.4. The van der Waals surface area contributed by atoms with E-state index in [-0.39, 0.29) is 11.5 Å². The summed E-state index contributed by atoms with van der Waals surface area (Å²) in [6, 6.07) is 2.19. The Hall–Kier alpha value is -1.28. The highest BCUT2D eigenvalue weighted by Crippen LogP contribution is 2.20. The van der Waals surface area contributed by atoms with E-state index in [9.17, 15) is 4.79 Å². The van der Waals surface area contributed by atoms with Crippen LogP contribution in [0.5, 0.6) is 0 Å². The molecule has 0 aromatic heterocycles. The van der Waals surface area contributed by atoms with Crippen LogP contribution in [-0.2, 0) is 4.74 Å². The first-order valence-electron chi connectivity index (χ1n) is 7.98. The maximum atomic E-state index is 11.9. The van der Waals surface area contributed by atoms with Gasteiger partial charge in [-0.3, -0.25) is 0 Å². The molecule has 0 fully saturated rings. The zero-order valence-electron chi connectivity index (χ0n) is 15.3. The van der Waals surface area contributed by atoms with Crippen molar-refractivity contribution in [2.45, 2.75) is 60.0 Å². The molecule has 0 spiro atoms. The minimum atomic E-state index is -0.461. The Morgan fingerprint density at radius 1 is 1.32 bits per heavy atom. The molecule has 1 amide bonds. The Bertz CT molecular complexity index is 380. The molecule has 0 saturated carbocycles. The fraction of sp³-hybridized carbons (Fsp3) is 0.882.